The fraction of sp³-hybridized carbons (Fsp3) is 0. The van der Waals surface area contributed by atoms with Crippen LogP contribution in [0.3, 0.4) is 0 Å². The summed E-state index contributed by atoms with van der Waals surface area (Å²) in [6.45, 7) is 0. The standard InChI is InChI=1S/C36H21N3O2/c1-2-4-27-22(3-1)5-6-23-7-8-24(17-29(23)27)39(25-10-12-33-30(18-25)32-21-38-16-14-35(32)40-33)26-9-11-28-31-20-37-15-13-34(31)41-36(28)19-26/h1-21H. The summed E-state index contributed by atoms with van der Waals surface area (Å²) in [6, 6.07) is 36.1. The number of fused-ring (bicyclic) bond motifs is 9. The molecule has 5 heteroatoms. The van der Waals surface area contributed by atoms with E-state index in [0.29, 0.717) is 0 Å². The lowest BCUT2D eigenvalue weighted by atomic mass is 10.0. The summed E-state index contributed by atoms with van der Waals surface area (Å²) in [5, 5.41) is 8.94. The van der Waals surface area contributed by atoms with E-state index in [1.165, 1.54) is 21.5 Å². The van der Waals surface area contributed by atoms with Crippen LogP contribution in [0, 0.1) is 0 Å². The van der Waals surface area contributed by atoms with Crippen molar-refractivity contribution in [3.05, 3.63) is 128 Å². The Bertz CT molecular complexity index is 2450. The minimum Gasteiger partial charge on any atom is -0.456 e. The average molecular weight is 528 g/mol. The lowest BCUT2D eigenvalue weighted by molar-refractivity contribution is 0.668. The van der Waals surface area contributed by atoms with E-state index >= 15 is 0 Å². The highest BCUT2D eigenvalue weighted by molar-refractivity contribution is 6.10. The summed E-state index contributed by atoms with van der Waals surface area (Å²) in [5.41, 5.74) is 6.37. The molecule has 0 aliphatic heterocycles. The number of hydrogen-bond acceptors (Lipinski definition) is 5. The maximum absolute atomic E-state index is 6.27. The molecule has 0 saturated carbocycles. The lowest BCUT2D eigenvalue weighted by Crippen LogP contribution is -2.09. The summed E-state index contributed by atoms with van der Waals surface area (Å²) in [5.74, 6) is 0. The van der Waals surface area contributed by atoms with Crippen molar-refractivity contribution < 1.29 is 8.83 Å². The number of benzene rings is 5. The molecule has 4 heterocycles. The molecule has 9 aromatic rings. The molecule has 0 aliphatic rings. The number of hydrogen-bond donors (Lipinski definition) is 0. The van der Waals surface area contributed by atoms with E-state index in [4.69, 9.17) is 8.83 Å². The topological polar surface area (TPSA) is 55.3 Å². The van der Waals surface area contributed by atoms with Crippen LogP contribution < -0.4 is 4.90 Å². The number of pyridine rings is 2. The molecule has 0 bridgehead atoms. The minimum absolute atomic E-state index is 0.820. The van der Waals surface area contributed by atoms with E-state index < -0.39 is 0 Å². The highest BCUT2D eigenvalue weighted by atomic mass is 16.3. The molecule has 0 amide bonds. The van der Waals surface area contributed by atoms with E-state index in [-0.39, 0.29) is 0 Å². The van der Waals surface area contributed by atoms with Gasteiger partial charge in [-0.3, -0.25) is 9.97 Å². The number of nitrogens with zero attached hydrogens (tertiary/aromatic N) is 3. The first kappa shape index (κ1) is 22.2. The predicted molar refractivity (Wildman–Crippen MR) is 166 cm³/mol. The van der Waals surface area contributed by atoms with E-state index in [1.807, 2.05) is 30.6 Å². The predicted octanol–water partition coefficient (Wildman–Crippen LogP) is 10.1. The largest absolute Gasteiger partial charge is 0.456 e. The van der Waals surface area contributed by atoms with Crippen LogP contribution in [-0.4, -0.2) is 9.97 Å². The molecule has 0 radical (unpaired) electrons. The van der Waals surface area contributed by atoms with Crippen molar-refractivity contribution >= 4 is 82.5 Å². The van der Waals surface area contributed by atoms with Gasteiger partial charge in [-0.1, -0.05) is 42.5 Å². The van der Waals surface area contributed by atoms with E-state index in [1.54, 1.807) is 12.4 Å². The molecule has 0 spiro atoms. The van der Waals surface area contributed by atoms with Gasteiger partial charge in [0.2, 0.25) is 0 Å². The van der Waals surface area contributed by atoms with Crippen LogP contribution in [0.5, 0.6) is 0 Å². The molecule has 9 rings (SSSR count). The molecule has 0 unspecified atom stereocenters. The van der Waals surface area contributed by atoms with Gasteiger partial charge in [0, 0.05) is 69.5 Å². The highest BCUT2D eigenvalue weighted by Crippen LogP contribution is 2.42. The molecule has 5 aromatic carbocycles. The number of furan rings is 2. The third-order valence-electron chi connectivity index (χ3n) is 8.02. The fourth-order valence-corrected chi connectivity index (χ4v) is 6.07. The maximum Gasteiger partial charge on any atom is 0.138 e. The second kappa shape index (κ2) is 8.41. The number of aromatic nitrogens is 2. The molecule has 4 aromatic heterocycles. The van der Waals surface area contributed by atoms with Gasteiger partial charge in [0.15, 0.2) is 0 Å². The molecular weight excluding hydrogens is 506 g/mol. The highest BCUT2D eigenvalue weighted by Gasteiger charge is 2.18. The van der Waals surface area contributed by atoms with Crippen LogP contribution in [0.1, 0.15) is 0 Å². The van der Waals surface area contributed by atoms with Gasteiger partial charge in [-0.05, 0) is 76.1 Å². The first-order chi connectivity index (χ1) is 20.3. The molecular formula is C36H21N3O2. The third-order valence-corrected chi connectivity index (χ3v) is 8.02. The Morgan fingerprint density at radius 3 is 1.83 bits per heavy atom. The summed E-state index contributed by atoms with van der Waals surface area (Å²) in [7, 11) is 0. The third kappa shape index (κ3) is 3.36. The second-order valence-corrected chi connectivity index (χ2v) is 10.3. The van der Waals surface area contributed by atoms with Gasteiger partial charge in [-0.25, -0.2) is 0 Å². The van der Waals surface area contributed by atoms with Crippen LogP contribution in [0.4, 0.5) is 17.1 Å². The normalized spacial score (nSPS) is 11.9. The van der Waals surface area contributed by atoms with E-state index in [0.717, 1.165) is 60.9 Å². The van der Waals surface area contributed by atoms with Crippen molar-refractivity contribution in [1.82, 2.24) is 9.97 Å². The van der Waals surface area contributed by atoms with Crippen molar-refractivity contribution in [2.45, 2.75) is 0 Å². The van der Waals surface area contributed by atoms with Gasteiger partial charge in [0.1, 0.15) is 22.3 Å². The van der Waals surface area contributed by atoms with Crippen LogP contribution in [0.15, 0.2) is 137 Å². The summed E-state index contributed by atoms with van der Waals surface area (Å²) < 4.78 is 12.4. The Kier molecular flexibility index (Phi) is 4.55. The molecule has 0 saturated heterocycles. The van der Waals surface area contributed by atoms with Crippen molar-refractivity contribution in [2.75, 3.05) is 4.90 Å². The zero-order valence-electron chi connectivity index (χ0n) is 21.8. The Balaban J connectivity index is 1.32. The zero-order chi connectivity index (χ0) is 26.9. The number of anilines is 3. The Labute approximate surface area is 233 Å². The summed E-state index contributed by atoms with van der Waals surface area (Å²) >= 11 is 0. The molecule has 0 N–H and O–H groups in total. The van der Waals surface area contributed by atoms with Crippen LogP contribution in [-0.2, 0) is 0 Å². The Morgan fingerprint density at radius 1 is 0.415 bits per heavy atom. The lowest BCUT2D eigenvalue weighted by Gasteiger charge is -2.26. The van der Waals surface area contributed by atoms with Crippen molar-refractivity contribution in [2.24, 2.45) is 0 Å². The van der Waals surface area contributed by atoms with Gasteiger partial charge in [-0.2, -0.15) is 0 Å². The first-order valence-corrected chi connectivity index (χ1v) is 13.5. The van der Waals surface area contributed by atoms with Gasteiger partial charge in [0.25, 0.3) is 0 Å². The monoisotopic (exact) mass is 527 g/mol. The smallest absolute Gasteiger partial charge is 0.138 e. The zero-order valence-corrected chi connectivity index (χ0v) is 21.8. The van der Waals surface area contributed by atoms with Gasteiger partial charge in [-0.15, -0.1) is 0 Å². The fourth-order valence-electron chi connectivity index (χ4n) is 6.07. The maximum atomic E-state index is 6.27. The quantitative estimate of drug-likeness (QED) is 0.214. The van der Waals surface area contributed by atoms with E-state index in [2.05, 4.69) is 99.8 Å². The SMILES string of the molecule is c1ccc2c(c1)ccc1ccc(N(c3ccc4c(c3)oc3ccncc34)c3ccc4oc5ccncc5c4c3)cc12. The van der Waals surface area contributed by atoms with Crippen LogP contribution in [0.25, 0.3) is 65.4 Å². The average Bonchev–Trinajstić information content (AvgIpc) is 3.59. The Morgan fingerprint density at radius 2 is 1.00 bits per heavy atom. The molecule has 5 nitrogen and oxygen atoms in total. The molecule has 192 valence electrons. The minimum atomic E-state index is 0.820. The first-order valence-electron chi connectivity index (χ1n) is 13.5. The van der Waals surface area contributed by atoms with Gasteiger partial charge in [0.05, 0.1) is 0 Å². The van der Waals surface area contributed by atoms with Crippen LogP contribution >= 0.6 is 0 Å². The summed E-state index contributed by atoms with van der Waals surface area (Å²) in [6.07, 6.45) is 7.25. The van der Waals surface area contributed by atoms with Gasteiger partial charge < -0.3 is 13.7 Å². The molecule has 0 atom stereocenters. The summed E-state index contributed by atoms with van der Waals surface area (Å²) in [4.78, 5) is 10.9. The number of rotatable bonds is 3. The second-order valence-electron chi connectivity index (χ2n) is 10.3. The van der Waals surface area contributed by atoms with Gasteiger partial charge >= 0.3 is 0 Å². The Hall–Kier alpha value is -5.68. The van der Waals surface area contributed by atoms with Crippen molar-refractivity contribution in [3.8, 4) is 0 Å². The van der Waals surface area contributed by atoms with Crippen molar-refractivity contribution in [1.29, 1.82) is 0 Å². The molecule has 0 fully saturated rings. The molecule has 0 aliphatic carbocycles. The van der Waals surface area contributed by atoms with Crippen molar-refractivity contribution in [3.63, 3.8) is 0 Å². The van der Waals surface area contributed by atoms with Crippen LogP contribution in [0.2, 0.25) is 0 Å². The molecule has 41 heavy (non-hydrogen) atoms. The van der Waals surface area contributed by atoms with E-state index in [9.17, 15) is 0 Å².